The molecular weight excluding hydrogens is 581 g/mol. The zero-order valence-electron chi connectivity index (χ0n) is 29.6. The molecule has 0 N–H and O–H groups in total. The van der Waals surface area contributed by atoms with E-state index in [1.807, 2.05) is 0 Å². The minimum atomic E-state index is 0.538. The van der Waals surface area contributed by atoms with Crippen LogP contribution in [0.2, 0.25) is 0 Å². The lowest BCUT2D eigenvalue weighted by molar-refractivity contribution is 0.679. The zero-order valence-corrected chi connectivity index (χ0v) is 29.6. The van der Waals surface area contributed by atoms with Crippen LogP contribution in [-0.4, -0.2) is 0 Å². The van der Waals surface area contributed by atoms with Crippen molar-refractivity contribution in [1.29, 1.82) is 0 Å². The number of hydrogen-bond donors (Lipinski definition) is 0. The highest BCUT2D eigenvalue weighted by Crippen LogP contribution is 2.51. The van der Waals surface area contributed by atoms with Gasteiger partial charge in [-0.1, -0.05) is 85.3 Å². The highest BCUT2D eigenvalue weighted by atomic mass is 15.2. The average molecular weight is 627 g/mol. The Morgan fingerprint density at radius 3 is 1.21 bits per heavy atom. The van der Waals surface area contributed by atoms with Gasteiger partial charge in [-0.25, -0.2) is 0 Å². The van der Waals surface area contributed by atoms with Gasteiger partial charge in [0, 0.05) is 44.3 Å². The predicted molar refractivity (Wildman–Crippen MR) is 209 cm³/mol. The molecule has 2 heteroatoms. The quantitative estimate of drug-likeness (QED) is 0.134. The highest BCUT2D eigenvalue weighted by Gasteiger charge is 2.27. The van der Waals surface area contributed by atoms with Crippen LogP contribution in [0.15, 0.2) is 127 Å². The van der Waals surface area contributed by atoms with Crippen molar-refractivity contribution in [2.24, 2.45) is 5.92 Å². The number of anilines is 5. The second-order valence-corrected chi connectivity index (χ2v) is 13.9. The smallest absolute Gasteiger partial charge is 0.0619 e. The Morgan fingerprint density at radius 2 is 0.833 bits per heavy atom. The molecule has 1 atom stereocenters. The molecule has 6 aromatic carbocycles. The summed E-state index contributed by atoms with van der Waals surface area (Å²) in [4.78, 5) is 5.01. The van der Waals surface area contributed by atoms with Crippen molar-refractivity contribution >= 4 is 50.0 Å². The summed E-state index contributed by atoms with van der Waals surface area (Å²) in [5.41, 5.74) is 16.4. The number of nitrogens with zero attached hydrogens (tertiary/aromatic N) is 2. The van der Waals surface area contributed by atoms with E-state index in [0.29, 0.717) is 5.92 Å². The highest BCUT2D eigenvalue weighted by molar-refractivity contribution is 6.23. The number of benzene rings is 6. The Hall–Kier alpha value is -5.08. The summed E-state index contributed by atoms with van der Waals surface area (Å²) in [6.07, 6.45) is 5.86. The Morgan fingerprint density at radius 1 is 0.458 bits per heavy atom. The van der Waals surface area contributed by atoms with Gasteiger partial charge < -0.3 is 9.80 Å². The van der Waals surface area contributed by atoms with Gasteiger partial charge in [0.2, 0.25) is 0 Å². The molecule has 0 aromatic heterocycles. The second-order valence-electron chi connectivity index (χ2n) is 13.9. The second kappa shape index (κ2) is 12.5. The van der Waals surface area contributed by atoms with Gasteiger partial charge in [0.15, 0.2) is 0 Å². The van der Waals surface area contributed by atoms with E-state index in [4.69, 9.17) is 0 Å². The molecule has 0 amide bonds. The molecule has 0 saturated heterocycles. The van der Waals surface area contributed by atoms with E-state index < -0.39 is 0 Å². The first-order valence-electron chi connectivity index (χ1n) is 17.3. The molecule has 1 aliphatic carbocycles. The molecule has 6 aromatic rings. The Balaban J connectivity index is 1.61. The van der Waals surface area contributed by atoms with Crippen LogP contribution in [0, 0.1) is 47.5 Å². The topological polar surface area (TPSA) is 6.48 Å². The van der Waals surface area contributed by atoms with Crippen molar-refractivity contribution in [2.75, 3.05) is 9.80 Å². The summed E-state index contributed by atoms with van der Waals surface area (Å²) in [6.45, 7) is 17.8. The third-order valence-corrected chi connectivity index (χ3v) is 10.7. The zero-order chi connectivity index (χ0) is 33.7. The molecule has 1 unspecified atom stereocenters. The fourth-order valence-electron chi connectivity index (χ4n) is 7.05. The van der Waals surface area contributed by atoms with Crippen LogP contribution in [0.5, 0.6) is 0 Å². The number of aryl methyl sites for hydroxylation is 6. The molecule has 0 radical (unpaired) electrons. The maximum atomic E-state index is 2.52. The van der Waals surface area contributed by atoms with E-state index in [-0.39, 0.29) is 0 Å². The van der Waals surface area contributed by atoms with Crippen LogP contribution in [-0.2, 0) is 0 Å². The van der Waals surface area contributed by atoms with Crippen molar-refractivity contribution in [3.63, 3.8) is 0 Å². The lowest BCUT2D eigenvalue weighted by Crippen LogP contribution is -2.20. The van der Waals surface area contributed by atoms with E-state index in [1.165, 1.54) is 83.3 Å². The van der Waals surface area contributed by atoms with Gasteiger partial charge >= 0.3 is 0 Å². The fraction of sp³-hybridized carbons (Fsp3) is 0.217. The summed E-state index contributed by atoms with van der Waals surface area (Å²) in [5.74, 6) is 0.538. The van der Waals surface area contributed by atoms with Gasteiger partial charge in [-0.05, 0) is 137 Å². The standard InChI is InChI=1S/C46H46N2/c1-29-17-21-37(25-33(29)5)47(38-22-18-30(2)34(6)26-38)45-41-13-9-11-15-43(41)46(44-16-12-10-14-42(44)45)48(39-23-19-31(3)35(7)27-39)40-24-20-32(4)36(8)28-40/h9-19,21-28,32H,20H2,1-8H3. The Labute approximate surface area is 286 Å². The molecule has 48 heavy (non-hydrogen) atoms. The maximum absolute atomic E-state index is 2.52. The molecular formula is C46H46N2. The Bertz CT molecular complexity index is 2160. The first-order valence-corrected chi connectivity index (χ1v) is 17.3. The number of allylic oxidation sites excluding steroid dienone is 3. The van der Waals surface area contributed by atoms with Gasteiger partial charge in [-0.15, -0.1) is 0 Å². The maximum Gasteiger partial charge on any atom is 0.0619 e. The van der Waals surface area contributed by atoms with Crippen LogP contribution in [0.3, 0.4) is 0 Å². The monoisotopic (exact) mass is 626 g/mol. The van der Waals surface area contributed by atoms with E-state index in [9.17, 15) is 0 Å². The van der Waals surface area contributed by atoms with Crippen molar-refractivity contribution < 1.29 is 0 Å². The number of rotatable bonds is 6. The van der Waals surface area contributed by atoms with Crippen LogP contribution in [0.1, 0.15) is 53.6 Å². The third kappa shape index (κ3) is 5.50. The molecule has 0 aliphatic heterocycles. The summed E-state index contributed by atoms with van der Waals surface area (Å²) < 4.78 is 0. The predicted octanol–water partition coefficient (Wildman–Crippen LogP) is 13.3. The largest absolute Gasteiger partial charge is 0.310 e. The first-order chi connectivity index (χ1) is 23.1. The number of fused-ring (bicyclic) bond motifs is 2. The fourth-order valence-corrected chi connectivity index (χ4v) is 7.05. The molecule has 0 saturated carbocycles. The molecule has 2 nitrogen and oxygen atoms in total. The third-order valence-electron chi connectivity index (χ3n) is 10.7. The lowest BCUT2D eigenvalue weighted by atomic mass is 9.91. The molecule has 7 rings (SSSR count). The van der Waals surface area contributed by atoms with Gasteiger partial charge in [0.25, 0.3) is 0 Å². The van der Waals surface area contributed by atoms with Gasteiger partial charge in [-0.3, -0.25) is 0 Å². The minimum Gasteiger partial charge on any atom is -0.310 e. The molecule has 0 bridgehead atoms. The normalized spacial score (nSPS) is 14.6. The van der Waals surface area contributed by atoms with Crippen LogP contribution >= 0.6 is 0 Å². The summed E-state index contributed by atoms with van der Waals surface area (Å²) in [6, 6.07) is 38.7. The van der Waals surface area contributed by atoms with E-state index in [2.05, 4.69) is 180 Å². The lowest BCUT2D eigenvalue weighted by Gasteiger charge is -2.35. The van der Waals surface area contributed by atoms with Gasteiger partial charge in [0.1, 0.15) is 0 Å². The molecule has 1 aliphatic rings. The van der Waals surface area contributed by atoms with Crippen molar-refractivity contribution in [3.8, 4) is 0 Å². The van der Waals surface area contributed by atoms with Crippen molar-refractivity contribution in [2.45, 2.75) is 61.8 Å². The van der Waals surface area contributed by atoms with Crippen LogP contribution in [0.4, 0.5) is 28.4 Å². The van der Waals surface area contributed by atoms with Crippen LogP contribution < -0.4 is 9.80 Å². The van der Waals surface area contributed by atoms with Gasteiger partial charge in [0.05, 0.1) is 11.4 Å². The molecule has 0 heterocycles. The van der Waals surface area contributed by atoms with E-state index in [1.54, 1.807) is 0 Å². The van der Waals surface area contributed by atoms with Gasteiger partial charge in [-0.2, -0.15) is 0 Å². The summed E-state index contributed by atoms with van der Waals surface area (Å²) in [7, 11) is 0. The minimum absolute atomic E-state index is 0.538. The number of hydrogen-bond acceptors (Lipinski definition) is 2. The Kier molecular flexibility index (Phi) is 8.21. The van der Waals surface area contributed by atoms with E-state index >= 15 is 0 Å². The summed E-state index contributed by atoms with van der Waals surface area (Å²) >= 11 is 0. The molecule has 0 fully saturated rings. The van der Waals surface area contributed by atoms with Crippen LogP contribution in [0.25, 0.3) is 21.5 Å². The molecule has 0 spiro atoms. The first kappa shape index (κ1) is 31.5. The SMILES string of the molecule is CC1=CC(N(c2ccc(C)c(C)c2)c2c3ccccc3c(N(c3ccc(C)c(C)c3)c3ccc(C)c(C)c3)c3ccccc23)=CCC1C. The average Bonchev–Trinajstić information content (AvgIpc) is 3.08. The van der Waals surface area contributed by atoms with Crippen molar-refractivity contribution in [3.05, 3.63) is 160 Å². The van der Waals surface area contributed by atoms with E-state index in [0.717, 1.165) is 17.8 Å². The van der Waals surface area contributed by atoms with Crippen molar-refractivity contribution in [1.82, 2.24) is 0 Å². The summed E-state index contributed by atoms with van der Waals surface area (Å²) in [5, 5.41) is 4.91. The molecule has 240 valence electrons.